The van der Waals surface area contributed by atoms with Gasteiger partial charge in [0, 0.05) is 70.7 Å². The van der Waals surface area contributed by atoms with Crippen molar-refractivity contribution in [3.05, 3.63) is 114 Å². The van der Waals surface area contributed by atoms with Crippen molar-refractivity contribution in [2.24, 2.45) is 7.05 Å². The Morgan fingerprint density at radius 2 is 1.71 bits per heavy atom. The van der Waals surface area contributed by atoms with Gasteiger partial charge in [0.1, 0.15) is 18.0 Å². The molecule has 52 heavy (non-hydrogen) atoms. The van der Waals surface area contributed by atoms with Crippen LogP contribution in [0.25, 0.3) is 10.9 Å². The summed E-state index contributed by atoms with van der Waals surface area (Å²) in [6.45, 7) is 7.22. The molecule has 3 aliphatic heterocycles. The maximum Gasteiger partial charge on any atom is 0.256 e. The molecule has 12 heteroatoms. The standard InChI is InChI=1S/C40H45N7O5/c1-3-20-45-27-37(50)46-34(23-29-12-15-31(48)16-13-29)40(52)44(26-35(46)47(45)36(49)17-14-28-8-5-4-6-9-28)24-30-10-7-11-32-33(25-42(2)38(30)32)39(51)43-21-18-41-19-22-43/h3-13,15-16,25,34-35,41,48H,1,14,17-24,26-27H2,2H3/t34-,35-/m0/s1. The van der Waals surface area contributed by atoms with E-state index in [2.05, 4.69) is 11.9 Å². The highest BCUT2D eigenvalue weighted by Gasteiger charge is 2.51. The average Bonchev–Trinajstić information content (AvgIpc) is 3.50. The second-order valence-electron chi connectivity index (χ2n) is 13.8. The largest absolute Gasteiger partial charge is 0.508 e. The molecule has 4 amide bonds. The van der Waals surface area contributed by atoms with E-state index in [1.165, 1.54) is 0 Å². The first-order valence-corrected chi connectivity index (χ1v) is 17.9. The van der Waals surface area contributed by atoms with E-state index in [0.29, 0.717) is 25.1 Å². The highest BCUT2D eigenvalue weighted by atomic mass is 16.3. The lowest BCUT2D eigenvalue weighted by Gasteiger charge is -2.55. The van der Waals surface area contributed by atoms with Crippen LogP contribution in [0.3, 0.4) is 0 Å². The van der Waals surface area contributed by atoms with E-state index in [0.717, 1.165) is 40.7 Å². The molecule has 4 heterocycles. The van der Waals surface area contributed by atoms with E-state index in [4.69, 9.17) is 0 Å². The number of nitrogens with zero attached hydrogens (tertiary/aromatic N) is 6. The molecule has 3 saturated heterocycles. The van der Waals surface area contributed by atoms with E-state index < -0.39 is 12.2 Å². The number of phenols is 1. The first-order valence-electron chi connectivity index (χ1n) is 17.9. The molecule has 270 valence electrons. The van der Waals surface area contributed by atoms with Crippen molar-refractivity contribution in [1.82, 2.24) is 34.6 Å². The second kappa shape index (κ2) is 15.0. The Morgan fingerprint density at radius 1 is 0.962 bits per heavy atom. The van der Waals surface area contributed by atoms with Gasteiger partial charge in [-0.05, 0) is 35.2 Å². The summed E-state index contributed by atoms with van der Waals surface area (Å²) >= 11 is 0. The minimum absolute atomic E-state index is 0.0180. The van der Waals surface area contributed by atoms with Gasteiger partial charge in [0.05, 0.1) is 24.2 Å². The number of para-hydroxylation sites is 1. The van der Waals surface area contributed by atoms with Crippen LogP contribution < -0.4 is 5.32 Å². The fourth-order valence-corrected chi connectivity index (χ4v) is 7.86. The first-order chi connectivity index (χ1) is 25.2. The molecule has 3 fully saturated rings. The van der Waals surface area contributed by atoms with Crippen LogP contribution in [0.4, 0.5) is 0 Å². The van der Waals surface area contributed by atoms with Crippen molar-refractivity contribution in [3.8, 4) is 5.75 Å². The number of nitrogens with one attached hydrogen (secondary N) is 1. The Balaban J connectivity index is 1.24. The molecule has 7 rings (SSSR count). The highest BCUT2D eigenvalue weighted by molar-refractivity contribution is 6.07. The van der Waals surface area contributed by atoms with Gasteiger partial charge in [-0.15, -0.1) is 6.58 Å². The van der Waals surface area contributed by atoms with Crippen LogP contribution in [-0.4, -0.2) is 116 Å². The van der Waals surface area contributed by atoms with Crippen molar-refractivity contribution in [2.75, 3.05) is 45.8 Å². The summed E-state index contributed by atoms with van der Waals surface area (Å²) in [5.41, 5.74) is 4.15. The van der Waals surface area contributed by atoms with Gasteiger partial charge in [-0.1, -0.05) is 66.7 Å². The third-order valence-electron chi connectivity index (χ3n) is 10.3. The zero-order chi connectivity index (χ0) is 36.4. The lowest BCUT2D eigenvalue weighted by atomic mass is 9.97. The topological polar surface area (TPSA) is 122 Å². The lowest BCUT2D eigenvalue weighted by Crippen LogP contribution is -2.75. The Labute approximate surface area is 303 Å². The zero-order valence-corrected chi connectivity index (χ0v) is 29.5. The molecule has 0 bridgehead atoms. The predicted molar refractivity (Wildman–Crippen MR) is 197 cm³/mol. The fraction of sp³-hybridized carbons (Fsp3) is 0.350. The second-order valence-corrected chi connectivity index (χ2v) is 13.8. The summed E-state index contributed by atoms with van der Waals surface area (Å²) in [5.74, 6) is -0.527. The third-order valence-corrected chi connectivity index (χ3v) is 10.3. The Hall–Kier alpha value is -5.46. The maximum atomic E-state index is 14.6. The zero-order valence-electron chi connectivity index (χ0n) is 29.5. The van der Waals surface area contributed by atoms with Crippen LogP contribution in [-0.2, 0) is 40.8 Å². The molecule has 0 spiro atoms. The molecule has 1 aromatic heterocycles. The number of hydrogen-bond acceptors (Lipinski definition) is 7. The number of fused-ring (bicyclic) bond motifs is 2. The molecule has 0 saturated carbocycles. The molecule has 4 aromatic rings. The first kappa shape index (κ1) is 35.0. The van der Waals surface area contributed by atoms with Crippen molar-refractivity contribution >= 4 is 34.5 Å². The Kier molecular flexibility index (Phi) is 10.1. The number of carbonyl (C=O) groups is 4. The summed E-state index contributed by atoms with van der Waals surface area (Å²) in [7, 11) is 1.91. The number of aryl methyl sites for hydroxylation is 2. The number of piperazine rings is 2. The van der Waals surface area contributed by atoms with Crippen LogP contribution >= 0.6 is 0 Å². The number of phenolic OH excluding ortho intramolecular Hbond substituents is 1. The average molecular weight is 704 g/mol. The number of hydrogen-bond donors (Lipinski definition) is 2. The van der Waals surface area contributed by atoms with Gasteiger partial charge in [-0.3, -0.25) is 19.2 Å². The molecular formula is C40H45N7O5. The summed E-state index contributed by atoms with van der Waals surface area (Å²) < 4.78 is 1.95. The monoisotopic (exact) mass is 703 g/mol. The molecule has 0 radical (unpaired) electrons. The van der Waals surface area contributed by atoms with E-state index in [-0.39, 0.29) is 68.4 Å². The number of hydrazine groups is 1. The third kappa shape index (κ3) is 6.91. The SMILES string of the molecule is C=CCN1CC(=O)N2[C@@H](Cc3ccc(O)cc3)C(=O)N(Cc3cccc4c(C(=O)N5CCNCC5)cn(C)c34)C[C@@H]2N1C(=O)CCc1ccccc1. The highest BCUT2D eigenvalue weighted by Crippen LogP contribution is 2.32. The molecule has 2 N–H and O–H groups in total. The van der Waals surface area contributed by atoms with E-state index in [1.54, 1.807) is 50.2 Å². The smallest absolute Gasteiger partial charge is 0.256 e. The maximum absolute atomic E-state index is 14.6. The molecular weight excluding hydrogens is 658 g/mol. The molecule has 12 nitrogen and oxygen atoms in total. The normalized spacial score (nSPS) is 19.6. The minimum atomic E-state index is -0.886. The number of rotatable bonds is 10. The van der Waals surface area contributed by atoms with Crippen LogP contribution in [0.2, 0.25) is 0 Å². The summed E-state index contributed by atoms with van der Waals surface area (Å²) in [6.07, 6.45) is 3.76. The Morgan fingerprint density at radius 3 is 2.44 bits per heavy atom. The van der Waals surface area contributed by atoms with Crippen molar-refractivity contribution in [2.45, 2.75) is 38.0 Å². The van der Waals surface area contributed by atoms with Gasteiger partial charge < -0.3 is 29.7 Å². The molecule has 0 aliphatic carbocycles. The number of aromatic nitrogens is 1. The molecule has 3 aliphatic rings. The quantitative estimate of drug-likeness (QED) is 0.244. The van der Waals surface area contributed by atoms with Crippen LogP contribution in [0.1, 0.15) is 33.5 Å². The molecule has 3 aromatic carbocycles. The predicted octanol–water partition coefficient (Wildman–Crippen LogP) is 2.92. The van der Waals surface area contributed by atoms with Gasteiger partial charge in [-0.2, -0.15) is 0 Å². The number of amides is 4. The van der Waals surface area contributed by atoms with Gasteiger partial charge >= 0.3 is 0 Å². The van der Waals surface area contributed by atoms with Crippen LogP contribution in [0.15, 0.2) is 91.6 Å². The molecule has 2 atom stereocenters. The van der Waals surface area contributed by atoms with Crippen LogP contribution in [0, 0.1) is 0 Å². The van der Waals surface area contributed by atoms with E-state index in [1.807, 2.05) is 71.2 Å². The number of benzene rings is 3. The van der Waals surface area contributed by atoms with Gasteiger partial charge in [-0.25, -0.2) is 10.0 Å². The summed E-state index contributed by atoms with van der Waals surface area (Å²) in [6, 6.07) is 21.4. The van der Waals surface area contributed by atoms with Gasteiger partial charge in [0.2, 0.25) is 17.7 Å². The minimum Gasteiger partial charge on any atom is -0.508 e. The van der Waals surface area contributed by atoms with E-state index in [9.17, 15) is 24.3 Å². The fourth-order valence-electron chi connectivity index (χ4n) is 7.86. The summed E-state index contributed by atoms with van der Waals surface area (Å²) in [5, 5.41) is 17.5. The van der Waals surface area contributed by atoms with Gasteiger partial charge in [0.15, 0.2) is 0 Å². The van der Waals surface area contributed by atoms with Crippen molar-refractivity contribution in [1.29, 1.82) is 0 Å². The van der Waals surface area contributed by atoms with E-state index >= 15 is 0 Å². The lowest BCUT2D eigenvalue weighted by molar-refractivity contribution is -0.205. The Bertz CT molecular complexity index is 1970. The number of aromatic hydroxyl groups is 1. The summed E-state index contributed by atoms with van der Waals surface area (Å²) in [4.78, 5) is 61.7. The van der Waals surface area contributed by atoms with Gasteiger partial charge in [0.25, 0.3) is 5.91 Å². The van der Waals surface area contributed by atoms with Crippen LogP contribution in [0.5, 0.6) is 5.75 Å². The molecule has 0 unspecified atom stereocenters. The van der Waals surface area contributed by atoms with Crippen molar-refractivity contribution in [3.63, 3.8) is 0 Å². The van der Waals surface area contributed by atoms with Crippen molar-refractivity contribution < 1.29 is 24.3 Å². The number of carbonyl (C=O) groups excluding carboxylic acids is 4.